The van der Waals surface area contributed by atoms with E-state index in [1.54, 1.807) is 0 Å². The van der Waals surface area contributed by atoms with Gasteiger partial charge < -0.3 is 9.47 Å². The first-order valence-electron chi connectivity index (χ1n) is 9.40. The van der Waals surface area contributed by atoms with Crippen molar-refractivity contribution < 1.29 is 9.47 Å². The minimum Gasteiger partial charge on any atom is -0.376 e. The van der Waals surface area contributed by atoms with Gasteiger partial charge in [-0.25, -0.2) is 0 Å². The molecule has 0 N–H and O–H groups in total. The number of hydrogen-bond acceptors (Lipinski definition) is 3. The Labute approximate surface area is 150 Å². The summed E-state index contributed by atoms with van der Waals surface area (Å²) < 4.78 is 11.5. The van der Waals surface area contributed by atoms with Crippen LogP contribution in [0.4, 0.5) is 0 Å². The molecule has 0 amide bonds. The molecule has 0 aliphatic carbocycles. The van der Waals surface area contributed by atoms with Gasteiger partial charge in [0.25, 0.3) is 0 Å². The molecule has 2 heterocycles. The van der Waals surface area contributed by atoms with E-state index in [0.29, 0.717) is 0 Å². The average Bonchev–Trinajstić information content (AvgIpc) is 2.70. The summed E-state index contributed by atoms with van der Waals surface area (Å²) in [5.74, 6) is 0. The third-order valence-electron chi connectivity index (χ3n) is 5.57. The van der Waals surface area contributed by atoms with E-state index in [4.69, 9.17) is 9.47 Å². The Morgan fingerprint density at radius 2 is 1.60 bits per heavy atom. The largest absolute Gasteiger partial charge is 0.376 e. The fourth-order valence-corrected chi connectivity index (χ4v) is 4.38. The standard InChI is InChI=1S/C22H27NO2/c1-3-8-19(9-4-1)22(20-10-5-2-6-11-20)12-7-13-23(18-22)16-21-17-24-14-15-25-21/h1-6,8-11,21H,7,12-18H2. The fraction of sp³-hybridized carbons (Fsp3) is 0.455. The zero-order valence-corrected chi connectivity index (χ0v) is 14.8. The maximum Gasteiger partial charge on any atom is 0.0936 e. The van der Waals surface area contributed by atoms with Crippen LogP contribution in [-0.2, 0) is 14.9 Å². The molecule has 0 saturated carbocycles. The smallest absolute Gasteiger partial charge is 0.0936 e. The Morgan fingerprint density at radius 3 is 2.20 bits per heavy atom. The first-order valence-corrected chi connectivity index (χ1v) is 9.40. The number of rotatable bonds is 4. The summed E-state index contributed by atoms with van der Waals surface area (Å²) in [7, 11) is 0. The van der Waals surface area contributed by atoms with Crippen LogP contribution in [0.25, 0.3) is 0 Å². The first kappa shape index (κ1) is 16.8. The molecular weight excluding hydrogens is 310 g/mol. The van der Waals surface area contributed by atoms with Crippen LogP contribution in [0.15, 0.2) is 60.7 Å². The quantitative estimate of drug-likeness (QED) is 0.852. The normalized spacial score (nSPS) is 24.1. The Morgan fingerprint density at radius 1 is 0.920 bits per heavy atom. The van der Waals surface area contributed by atoms with Crippen molar-refractivity contribution in [3.05, 3.63) is 71.8 Å². The van der Waals surface area contributed by atoms with Crippen molar-refractivity contribution >= 4 is 0 Å². The Bertz CT molecular complexity index is 613. The molecule has 25 heavy (non-hydrogen) atoms. The number of hydrogen-bond donors (Lipinski definition) is 0. The van der Waals surface area contributed by atoms with Crippen LogP contribution in [0.3, 0.4) is 0 Å². The van der Waals surface area contributed by atoms with Crippen LogP contribution < -0.4 is 0 Å². The van der Waals surface area contributed by atoms with Gasteiger partial charge in [-0.05, 0) is 30.5 Å². The second-order valence-corrected chi connectivity index (χ2v) is 7.22. The molecule has 2 aromatic rings. The Hall–Kier alpha value is -1.68. The van der Waals surface area contributed by atoms with Crippen molar-refractivity contribution in [3.8, 4) is 0 Å². The van der Waals surface area contributed by atoms with E-state index in [1.165, 1.54) is 24.0 Å². The van der Waals surface area contributed by atoms with Gasteiger partial charge in [0.2, 0.25) is 0 Å². The van der Waals surface area contributed by atoms with Gasteiger partial charge in [0.15, 0.2) is 0 Å². The third kappa shape index (κ3) is 3.64. The van der Waals surface area contributed by atoms with Gasteiger partial charge in [-0.1, -0.05) is 60.7 Å². The molecule has 3 heteroatoms. The maximum atomic E-state index is 5.89. The van der Waals surface area contributed by atoms with E-state index in [2.05, 4.69) is 65.6 Å². The summed E-state index contributed by atoms with van der Waals surface area (Å²) >= 11 is 0. The molecule has 1 atom stereocenters. The van der Waals surface area contributed by atoms with E-state index < -0.39 is 0 Å². The van der Waals surface area contributed by atoms with Crippen molar-refractivity contribution in [1.82, 2.24) is 4.90 Å². The predicted molar refractivity (Wildman–Crippen MR) is 99.9 cm³/mol. The highest BCUT2D eigenvalue weighted by Crippen LogP contribution is 2.40. The van der Waals surface area contributed by atoms with Crippen LogP contribution in [0.5, 0.6) is 0 Å². The minimum atomic E-state index is 0.0658. The van der Waals surface area contributed by atoms with E-state index in [1.807, 2.05) is 0 Å². The number of piperidine rings is 1. The summed E-state index contributed by atoms with van der Waals surface area (Å²) in [5, 5.41) is 0. The second-order valence-electron chi connectivity index (χ2n) is 7.22. The molecule has 4 rings (SSSR count). The summed E-state index contributed by atoms with van der Waals surface area (Å²) in [6, 6.07) is 22.0. The number of ether oxygens (including phenoxy) is 2. The molecule has 132 valence electrons. The van der Waals surface area contributed by atoms with Crippen LogP contribution in [-0.4, -0.2) is 50.5 Å². The van der Waals surface area contributed by atoms with Crippen molar-refractivity contribution in [2.24, 2.45) is 0 Å². The summed E-state index contributed by atoms with van der Waals surface area (Å²) in [4.78, 5) is 2.57. The summed E-state index contributed by atoms with van der Waals surface area (Å²) in [5.41, 5.74) is 2.91. The van der Waals surface area contributed by atoms with Gasteiger partial charge in [-0.3, -0.25) is 4.90 Å². The molecular formula is C22H27NO2. The van der Waals surface area contributed by atoms with Gasteiger partial charge in [0.1, 0.15) is 0 Å². The first-order chi connectivity index (χ1) is 12.4. The summed E-state index contributed by atoms with van der Waals surface area (Å²) in [6.07, 6.45) is 2.60. The van der Waals surface area contributed by atoms with Crippen molar-refractivity contribution in [3.63, 3.8) is 0 Å². The number of nitrogens with zero attached hydrogens (tertiary/aromatic N) is 1. The average molecular weight is 337 g/mol. The van der Waals surface area contributed by atoms with Gasteiger partial charge >= 0.3 is 0 Å². The molecule has 0 aromatic heterocycles. The zero-order valence-electron chi connectivity index (χ0n) is 14.8. The molecule has 2 aliphatic heterocycles. The van der Waals surface area contributed by atoms with E-state index in [-0.39, 0.29) is 11.5 Å². The highest BCUT2D eigenvalue weighted by atomic mass is 16.6. The second kappa shape index (κ2) is 7.69. The number of benzene rings is 2. The predicted octanol–water partition coefficient (Wildman–Crippen LogP) is 3.48. The van der Waals surface area contributed by atoms with Gasteiger partial charge in [0.05, 0.1) is 25.9 Å². The Kier molecular flexibility index (Phi) is 5.16. The molecule has 0 radical (unpaired) electrons. The van der Waals surface area contributed by atoms with E-state index >= 15 is 0 Å². The molecule has 2 aliphatic rings. The Balaban J connectivity index is 1.61. The minimum absolute atomic E-state index is 0.0658. The zero-order chi connectivity index (χ0) is 17.0. The van der Waals surface area contributed by atoms with Gasteiger partial charge in [-0.15, -0.1) is 0 Å². The van der Waals surface area contributed by atoms with E-state index in [9.17, 15) is 0 Å². The molecule has 1 unspecified atom stereocenters. The van der Waals surface area contributed by atoms with Crippen molar-refractivity contribution in [2.75, 3.05) is 39.5 Å². The lowest BCUT2D eigenvalue weighted by molar-refractivity contribution is -0.1000. The lowest BCUT2D eigenvalue weighted by atomic mass is 9.69. The van der Waals surface area contributed by atoms with Crippen LogP contribution in [0.1, 0.15) is 24.0 Å². The lowest BCUT2D eigenvalue weighted by Crippen LogP contribution is -2.50. The van der Waals surface area contributed by atoms with E-state index in [0.717, 1.165) is 39.5 Å². The SMILES string of the molecule is c1ccc(C2(c3ccccc3)CCCN(CC3COCCO3)C2)cc1. The number of likely N-dealkylation sites (tertiary alicyclic amines) is 1. The van der Waals surface area contributed by atoms with Crippen LogP contribution >= 0.6 is 0 Å². The van der Waals surface area contributed by atoms with Crippen molar-refractivity contribution in [2.45, 2.75) is 24.4 Å². The summed E-state index contributed by atoms with van der Waals surface area (Å²) in [6.45, 7) is 5.32. The monoisotopic (exact) mass is 337 g/mol. The molecule has 0 spiro atoms. The lowest BCUT2D eigenvalue weighted by Gasteiger charge is -2.45. The third-order valence-corrected chi connectivity index (χ3v) is 5.57. The molecule has 2 fully saturated rings. The van der Waals surface area contributed by atoms with Crippen molar-refractivity contribution in [1.29, 1.82) is 0 Å². The molecule has 3 nitrogen and oxygen atoms in total. The van der Waals surface area contributed by atoms with Gasteiger partial charge in [-0.2, -0.15) is 0 Å². The molecule has 2 aromatic carbocycles. The van der Waals surface area contributed by atoms with Crippen LogP contribution in [0.2, 0.25) is 0 Å². The molecule has 2 saturated heterocycles. The topological polar surface area (TPSA) is 21.7 Å². The van der Waals surface area contributed by atoms with Crippen LogP contribution in [0, 0.1) is 0 Å². The maximum absolute atomic E-state index is 5.89. The van der Waals surface area contributed by atoms with Gasteiger partial charge in [0, 0.05) is 18.5 Å². The fourth-order valence-electron chi connectivity index (χ4n) is 4.38. The molecule has 0 bridgehead atoms. The highest BCUT2D eigenvalue weighted by molar-refractivity contribution is 5.40. The highest BCUT2D eigenvalue weighted by Gasteiger charge is 2.39.